The summed E-state index contributed by atoms with van der Waals surface area (Å²) in [6.45, 7) is 5.88. The van der Waals surface area contributed by atoms with Gasteiger partial charge in [0.2, 0.25) is 0 Å². The zero-order chi connectivity index (χ0) is 14.4. The van der Waals surface area contributed by atoms with E-state index in [9.17, 15) is 9.59 Å². The van der Waals surface area contributed by atoms with Gasteiger partial charge in [-0.05, 0) is 31.9 Å². The molecule has 1 aromatic rings. The lowest BCUT2D eigenvalue weighted by Crippen LogP contribution is -2.37. The van der Waals surface area contributed by atoms with Crippen LogP contribution in [0.1, 0.15) is 36.2 Å². The first-order valence-corrected chi connectivity index (χ1v) is 6.24. The van der Waals surface area contributed by atoms with Crippen LogP contribution >= 0.6 is 0 Å². The average molecular weight is 265 g/mol. The molecular weight excluding hydrogens is 246 g/mol. The highest BCUT2D eigenvalue weighted by Crippen LogP contribution is 2.24. The fourth-order valence-corrected chi connectivity index (χ4v) is 1.60. The first kappa shape index (κ1) is 15.0. The standard InChI is InChI=1S/C14H19NO4/c1-4-8-15-13(16)10(3)19-12-9(2)6-5-7-11(12)14(17)18/h5-7,10H,4,8H2,1-3H3,(H,15,16)(H,17,18). The van der Waals surface area contributed by atoms with E-state index in [0.29, 0.717) is 12.1 Å². The van der Waals surface area contributed by atoms with Gasteiger partial charge in [0.05, 0.1) is 0 Å². The molecule has 0 saturated heterocycles. The van der Waals surface area contributed by atoms with Crippen molar-refractivity contribution in [3.05, 3.63) is 29.3 Å². The molecule has 1 atom stereocenters. The number of nitrogens with one attached hydrogen (secondary N) is 1. The van der Waals surface area contributed by atoms with Gasteiger partial charge >= 0.3 is 5.97 Å². The average Bonchev–Trinajstić information content (AvgIpc) is 2.37. The third-order valence-corrected chi connectivity index (χ3v) is 2.66. The predicted octanol–water partition coefficient (Wildman–Crippen LogP) is 1.99. The molecular formula is C14H19NO4. The minimum atomic E-state index is -1.07. The summed E-state index contributed by atoms with van der Waals surface area (Å²) < 4.78 is 5.50. The predicted molar refractivity (Wildman–Crippen MR) is 71.5 cm³/mol. The number of hydrogen-bond acceptors (Lipinski definition) is 3. The first-order valence-electron chi connectivity index (χ1n) is 6.24. The summed E-state index contributed by atoms with van der Waals surface area (Å²) in [6, 6.07) is 4.85. The Morgan fingerprint density at radius 3 is 2.68 bits per heavy atom. The van der Waals surface area contributed by atoms with E-state index < -0.39 is 12.1 Å². The second-order valence-corrected chi connectivity index (χ2v) is 4.31. The first-order chi connectivity index (χ1) is 8.97. The van der Waals surface area contributed by atoms with E-state index in [-0.39, 0.29) is 17.2 Å². The number of benzene rings is 1. The van der Waals surface area contributed by atoms with Gasteiger partial charge in [0.15, 0.2) is 6.10 Å². The Bertz CT molecular complexity index is 471. The Morgan fingerprint density at radius 2 is 2.11 bits per heavy atom. The van der Waals surface area contributed by atoms with Crippen molar-refractivity contribution in [3.63, 3.8) is 0 Å². The van der Waals surface area contributed by atoms with Gasteiger partial charge in [0, 0.05) is 6.54 Å². The maximum atomic E-state index is 11.7. The van der Waals surface area contributed by atoms with Crippen molar-refractivity contribution in [1.29, 1.82) is 0 Å². The van der Waals surface area contributed by atoms with Crippen LogP contribution in [0.15, 0.2) is 18.2 Å². The number of carboxylic acid groups (broad SMARTS) is 1. The van der Waals surface area contributed by atoms with E-state index in [4.69, 9.17) is 9.84 Å². The van der Waals surface area contributed by atoms with E-state index in [1.807, 2.05) is 6.92 Å². The monoisotopic (exact) mass is 265 g/mol. The molecule has 5 nitrogen and oxygen atoms in total. The number of aryl methyl sites for hydroxylation is 1. The quantitative estimate of drug-likeness (QED) is 0.824. The summed E-state index contributed by atoms with van der Waals surface area (Å²) in [7, 11) is 0. The van der Waals surface area contributed by atoms with E-state index in [1.54, 1.807) is 26.0 Å². The number of aromatic carboxylic acids is 1. The molecule has 0 aliphatic rings. The highest BCUT2D eigenvalue weighted by molar-refractivity contribution is 5.91. The minimum Gasteiger partial charge on any atom is -0.480 e. The molecule has 5 heteroatoms. The number of rotatable bonds is 6. The van der Waals surface area contributed by atoms with Crippen molar-refractivity contribution in [3.8, 4) is 5.75 Å². The van der Waals surface area contributed by atoms with Gasteiger partial charge in [0.1, 0.15) is 11.3 Å². The third-order valence-electron chi connectivity index (χ3n) is 2.66. The maximum Gasteiger partial charge on any atom is 0.339 e. The molecule has 2 N–H and O–H groups in total. The molecule has 1 rings (SSSR count). The fraction of sp³-hybridized carbons (Fsp3) is 0.429. The van der Waals surface area contributed by atoms with Gasteiger partial charge < -0.3 is 15.2 Å². The molecule has 104 valence electrons. The van der Waals surface area contributed by atoms with Crippen LogP contribution in [0.5, 0.6) is 5.75 Å². The normalized spacial score (nSPS) is 11.7. The van der Waals surface area contributed by atoms with Crippen LogP contribution in [0.4, 0.5) is 0 Å². The lowest BCUT2D eigenvalue weighted by molar-refractivity contribution is -0.127. The second-order valence-electron chi connectivity index (χ2n) is 4.31. The highest BCUT2D eigenvalue weighted by atomic mass is 16.5. The number of ether oxygens (including phenoxy) is 1. The fourth-order valence-electron chi connectivity index (χ4n) is 1.60. The molecule has 0 fully saturated rings. The summed E-state index contributed by atoms with van der Waals surface area (Å²) in [5.41, 5.74) is 0.755. The van der Waals surface area contributed by atoms with E-state index in [0.717, 1.165) is 6.42 Å². The van der Waals surface area contributed by atoms with E-state index in [2.05, 4.69) is 5.32 Å². The van der Waals surface area contributed by atoms with Gasteiger partial charge in [0.25, 0.3) is 5.91 Å². The molecule has 0 heterocycles. The summed E-state index contributed by atoms with van der Waals surface area (Å²) in [4.78, 5) is 22.8. The van der Waals surface area contributed by atoms with E-state index >= 15 is 0 Å². The van der Waals surface area contributed by atoms with Crippen molar-refractivity contribution in [2.45, 2.75) is 33.3 Å². The Labute approximate surface area is 112 Å². The minimum absolute atomic E-state index is 0.0649. The second kappa shape index (κ2) is 6.78. The largest absolute Gasteiger partial charge is 0.480 e. The number of carbonyl (C=O) groups is 2. The smallest absolute Gasteiger partial charge is 0.339 e. The molecule has 0 saturated carbocycles. The molecule has 0 radical (unpaired) electrons. The number of hydrogen-bond donors (Lipinski definition) is 2. The Kier molecular flexibility index (Phi) is 5.36. The van der Waals surface area contributed by atoms with Crippen LogP contribution in [-0.4, -0.2) is 29.6 Å². The maximum absolute atomic E-state index is 11.7. The molecule has 0 bridgehead atoms. The lowest BCUT2D eigenvalue weighted by Gasteiger charge is -2.17. The molecule has 0 spiro atoms. The zero-order valence-electron chi connectivity index (χ0n) is 11.4. The van der Waals surface area contributed by atoms with Crippen molar-refractivity contribution in [2.75, 3.05) is 6.54 Å². The summed E-state index contributed by atoms with van der Waals surface area (Å²) in [5, 5.41) is 11.8. The summed E-state index contributed by atoms with van der Waals surface area (Å²) in [6.07, 6.45) is 0.106. The lowest BCUT2D eigenvalue weighted by atomic mass is 10.1. The highest BCUT2D eigenvalue weighted by Gasteiger charge is 2.19. The number of carbonyl (C=O) groups excluding carboxylic acids is 1. The van der Waals surface area contributed by atoms with Crippen LogP contribution < -0.4 is 10.1 Å². The van der Waals surface area contributed by atoms with Gasteiger partial charge in [-0.15, -0.1) is 0 Å². The van der Waals surface area contributed by atoms with E-state index in [1.165, 1.54) is 6.07 Å². The van der Waals surface area contributed by atoms with Gasteiger partial charge in [-0.2, -0.15) is 0 Å². The molecule has 1 amide bonds. The van der Waals surface area contributed by atoms with Crippen LogP contribution in [0.25, 0.3) is 0 Å². The van der Waals surface area contributed by atoms with Crippen molar-refractivity contribution in [2.24, 2.45) is 0 Å². The van der Waals surface area contributed by atoms with Crippen molar-refractivity contribution >= 4 is 11.9 Å². The summed E-state index contributed by atoms with van der Waals surface area (Å²) in [5.74, 6) is -1.07. The van der Waals surface area contributed by atoms with Crippen molar-refractivity contribution < 1.29 is 19.4 Å². The molecule has 0 aliphatic heterocycles. The SMILES string of the molecule is CCCNC(=O)C(C)Oc1c(C)cccc1C(=O)O. The van der Waals surface area contributed by atoms with Gasteiger partial charge in [-0.25, -0.2) is 4.79 Å². The Morgan fingerprint density at radius 1 is 1.42 bits per heavy atom. The number of para-hydroxylation sites is 1. The van der Waals surface area contributed by atoms with Crippen molar-refractivity contribution in [1.82, 2.24) is 5.32 Å². The van der Waals surface area contributed by atoms with Crippen LogP contribution in [0.3, 0.4) is 0 Å². The molecule has 0 aliphatic carbocycles. The molecule has 1 unspecified atom stereocenters. The zero-order valence-corrected chi connectivity index (χ0v) is 11.4. The molecule has 19 heavy (non-hydrogen) atoms. The summed E-state index contributed by atoms with van der Waals surface area (Å²) >= 11 is 0. The Balaban J connectivity index is 2.87. The van der Waals surface area contributed by atoms with Gasteiger partial charge in [-0.3, -0.25) is 4.79 Å². The van der Waals surface area contributed by atoms with Crippen LogP contribution in [0, 0.1) is 6.92 Å². The topological polar surface area (TPSA) is 75.6 Å². The number of amides is 1. The molecule has 1 aromatic carbocycles. The molecule has 0 aromatic heterocycles. The number of carboxylic acids is 1. The third kappa shape index (κ3) is 3.98. The van der Waals surface area contributed by atoms with Gasteiger partial charge in [-0.1, -0.05) is 19.1 Å². The Hall–Kier alpha value is -2.04. The van der Waals surface area contributed by atoms with Crippen LogP contribution in [0.2, 0.25) is 0 Å². The van der Waals surface area contributed by atoms with Crippen LogP contribution in [-0.2, 0) is 4.79 Å².